The molecule has 1 aliphatic rings. The van der Waals surface area contributed by atoms with Gasteiger partial charge in [0.15, 0.2) is 0 Å². The van der Waals surface area contributed by atoms with Gasteiger partial charge in [-0.3, -0.25) is 0 Å². The number of fused-ring (bicyclic) bond motifs is 1. The average Bonchev–Trinajstić information content (AvgIpc) is 2.79. The molecule has 0 aliphatic heterocycles. The van der Waals surface area contributed by atoms with E-state index in [0.717, 1.165) is 40.3 Å². The van der Waals surface area contributed by atoms with Gasteiger partial charge in [0.1, 0.15) is 5.82 Å². The van der Waals surface area contributed by atoms with E-state index in [-0.39, 0.29) is 0 Å². The molecule has 0 unspecified atom stereocenters. The standard InChI is InChI=1S/C16H20Cl2N2/c1-11-2-4-12(5-3-11)10-20-15-8-13(18)6-7-14(15)19-16(20)9-17/h6-8,11-12H,2-5,9-10H2,1H3. The second-order valence-corrected chi connectivity index (χ2v) is 6.73. The van der Waals surface area contributed by atoms with Gasteiger partial charge in [0, 0.05) is 11.6 Å². The van der Waals surface area contributed by atoms with Crippen LogP contribution in [0.2, 0.25) is 5.02 Å². The monoisotopic (exact) mass is 310 g/mol. The third kappa shape index (κ3) is 2.82. The van der Waals surface area contributed by atoms with E-state index >= 15 is 0 Å². The van der Waals surface area contributed by atoms with Crippen molar-refractivity contribution >= 4 is 34.2 Å². The number of hydrogen-bond acceptors (Lipinski definition) is 1. The Labute approximate surface area is 130 Å². The Morgan fingerprint density at radius 2 is 2.00 bits per heavy atom. The molecule has 1 saturated carbocycles. The van der Waals surface area contributed by atoms with E-state index in [1.807, 2.05) is 18.2 Å². The molecule has 0 bridgehead atoms. The van der Waals surface area contributed by atoms with Crippen molar-refractivity contribution in [3.63, 3.8) is 0 Å². The summed E-state index contributed by atoms with van der Waals surface area (Å²) in [5, 5.41) is 0.761. The fourth-order valence-electron chi connectivity index (χ4n) is 3.22. The molecule has 108 valence electrons. The van der Waals surface area contributed by atoms with Crippen molar-refractivity contribution in [1.29, 1.82) is 0 Å². The molecule has 1 fully saturated rings. The first-order chi connectivity index (χ1) is 9.67. The highest BCUT2D eigenvalue weighted by atomic mass is 35.5. The van der Waals surface area contributed by atoms with Crippen LogP contribution < -0.4 is 0 Å². The van der Waals surface area contributed by atoms with E-state index < -0.39 is 0 Å². The first-order valence-electron chi connectivity index (χ1n) is 7.38. The number of nitrogens with zero attached hydrogens (tertiary/aromatic N) is 2. The van der Waals surface area contributed by atoms with Crippen LogP contribution in [0.15, 0.2) is 18.2 Å². The lowest BCUT2D eigenvalue weighted by Crippen LogP contribution is -2.18. The first-order valence-corrected chi connectivity index (χ1v) is 8.29. The quantitative estimate of drug-likeness (QED) is 0.707. The molecule has 0 saturated heterocycles. The minimum absolute atomic E-state index is 0.454. The fraction of sp³-hybridized carbons (Fsp3) is 0.562. The number of halogens is 2. The van der Waals surface area contributed by atoms with E-state index in [9.17, 15) is 0 Å². The van der Waals surface area contributed by atoms with Crippen molar-refractivity contribution in [2.75, 3.05) is 0 Å². The van der Waals surface area contributed by atoms with Crippen LogP contribution in [-0.4, -0.2) is 9.55 Å². The molecule has 2 nitrogen and oxygen atoms in total. The molecule has 1 aromatic heterocycles. The molecular weight excluding hydrogens is 291 g/mol. The smallest absolute Gasteiger partial charge is 0.124 e. The summed E-state index contributed by atoms with van der Waals surface area (Å²) in [5.41, 5.74) is 2.11. The van der Waals surface area contributed by atoms with Gasteiger partial charge in [0.25, 0.3) is 0 Å². The number of rotatable bonds is 3. The van der Waals surface area contributed by atoms with Gasteiger partial charge in [-0.1, -0.05) is 31.4 Å². The van der Waals surface area contributed by atoms with E-state index in [1.54, 1.807) is 0 Å². The zero-order valence-electron chi connectivity index (χ0n) is 11.8. The molecule has 2 aromatic rings. The Morgan fingerprint density at radius 1 is 1.25 bits per heavy atom. The maximum Gasteiger partial charge on any atom is 0.124 e. The Morgan fingerprint density at radius 3 is 2.70 bits per heavy atom. The van der Waals surface area contributed by atoms with Gasteiger partial charge in [-0.2, -0.15) is 0 Å². The summed E-state index contributed by atoms with van der Waals surface area (Å²) in [5.74, 6) is 3.04. The first kappa shape index (κ1) is 14.2. The zero-order chi connectivity index (χ0) is 14.1. The van der Waals surface area contributed by atoms with Crippen LogP contribution >= 0.6 is 23.2 Å². The lowest BCUT2D eigenvalue weighted by Gasteiger charge is -2.27. The molecule has 1 heterocycles. The van der Waals surface area contributed by atoms with Crippen molar-refractivity contribution in [2.45, 2.75) is 45.0 Å². The lowest BCUT2D eigenvalue weighted by atomic mass is 9.83. The van der Waals surface area contributed by atoms with Crippen molar-refractivity contribution in [3.05, 3.63) is 29.0 Å². The van der Waals surface area contributed by atoms with Crippen molar-refractivity contribution < 1.29 is 0 Å². The highest BCUT2D eigenvalue weighted by Crippen LogP contribution is 2.31. The Kier molecular flexibility index (Phi) is 4.23. The van der Waals surface area contributed by atoms with Crippen molar-refractivity contribution in [3.8, 4) is 0 Å². The normalized spacial score (nSPS) is 23.4. The molecule has 1 aliphatic carbocycles. The summed E-state index contributed by atoms with van der Waals surface area (Å²) < 4.78 is 2.27. The maximum atomic E-state index is 6.13. The van der Waals surface area contributed by atoms with Crippen LogP contribution in [0.25, 0.3) is 11.0 Å². The van der Waals surface area contributed by atoms with Gasteiger partial charge in [-0.05, 0) is 42.9 Å². The van der Waals surface area contributed by atoms with Gasteiger partial charge in [0.2, 0.25) is 0 Å². The van der Waals surface area contributed by atoms with Crippen LogP contribution in [0.1, 0.15) is 38.4 Å². The maximum absolute atomic E-state index is 6.13. The second-order valence-electron chi connectivity index (χ2n) is 6.03. The molecular formula is C16H20Cl2N2. The number of benzene rings is 1. The Hall–Kier alpha value is -0.730. The van der Waals surface area contributed by atoms with Crippen LogP contribution in [0.4, 0.5) is 0 Å². The van der Waals surface area contributed by atoms with Crippen molar-refractivity contribution in [2.24, 2.45) is 11.8 Å². The van der Waals surface area contributed by atoms with E-state index in [4.69, 9.17) is 23.2 Å². The van der Waals surface area contributed by atoms with Gasteiger partial charge in [0.05, 0.1) is 16.9 Å². The summed E-state index contributed by atoms with van der Waals surface area (Å²) in [4.78, 5) is 4.63. The summed E-state index contributed by atoms with van der Waals surface area (Å²) in [6, 6.07) is 5.88. The summed E-state index contributed by atoms with van der Waals surface area (Å²) in [6.45, 7) is 3.37. The fourth-order valence-corrected chi connectivity index (χ4v) is 3.59. The lowest BCUT2D eigenvalue weighted by molar-refractivity contribution is 0.265. The van der Waals surface area contributed by atoms with Crippen LogP contribution in [0, 0.1) is 11.8 Å². The zero-order valence-corrected chi connectivity index (χ0v) is 13.3. The second kappa shape index (κ2) is 5.95. The largest absolute Gasteiger partial charge is 0.327 e. The number of imidazole rings is 1. The topological polar surface area (TPSA) is 17.8 Å². The summed E-state index contributed by atoms with van der Waals surface area (Å²) in [7, 11) is 0. The van der Waals surface area contributed by atoms with Gasteiger partial charge in [-0.15, -0.1) is 11.6 Å². The van der Waals surface area contributed by atoms with Crippen molar-refractivity contribution in [1.82, 2.24) is 9.55 Å². The van der Waals surface area contributed by atoms with E-state index in [1.165, 1.54) is 25.7 Å². The molecule has 0 radical (unpaired) electrons. The molecule has 0 N–H and O–H groups in total. The number of aromatic nitrogens is 2. The highest BCUT2D eigenvalue weighted by Gasteiger charge is 2.20. The molecule has 0 spiro atoms. The average molecular weight is 311 g/mol. The van der Waals surface area contributed by atoms with Crippen LogP contribution in [0.5, 0.6) is 0 Å². The molecule has 1 aromatic carbocycles. The SMILES string of the molecule is CC1CCC(Cn2c(CCl)nc3ccc(Cl)cc32)CC1. The van der Waals surface area contributed by atoms with E-state index in [0.29, 0.717) is 5.88 Å². The third-order valence-corrected chi connectivity index (χ3v) is 4.96. The number of hydrogen-bond donors (Lipinski definition) is 0. The minimum Gasteiger partial charge on any atom is -0.327 e. The predicted molar refractivity (Wildman–Crippen MR) is 85.4 cm³/mol. The van der Waals surface area contributed by atoms with E-state index in [2.05, 4.69) is 16.5 Å². The molecule has 20 heavy (non-hydrogen) atoms. The number of alkyl halides is 1. The molecule has 4 heteroatoms. The third-order valence-electron chi connectivity index (χ3n) is 4.49. The molecule has 0 amide bonds. The van der Waals surface area contributed by atoms with Gasteiger partial charge >= 0.3 is 0 Å². The van der Waals surface area contributed by atoms with Gasteiger partial charge in [-0.25, -0.2) is 4.98 Å². The van der Waals surface area contributed by atoms with Crippen LogP contribution in [0.3, 0.4) is 0 Å². The summed E-state index contributed by atoms with van der Waals surface area (Å²) >= 11 is 12.2. The predicted octanol–water partition coefficient (Wildman–Crippen LogP) is 5.25. The molecule has 3 rings (SSSR count). The molecule has 0 atom stereocenters. The summed E-state index contributed by atoms with van der Waals surface area (Å²) in [6.07, 6.45) is 5.30. The minimum atomic E-state index is 0.454. The Bertz CT molecular complexity index is 598. The Balaban J connectivity index is 1.91. The van der Waals surface area contributed by atoms with Gasteiger partial charge < -0.3 is 4.57 Å². The highest BCUT2D eigenvalue weighted by molar-refractivity contribution is 6.31. The van der Waals surface area contributed by atoms with Crippen LogP contribution in [-0.2, 0) is 12.4 Å².